The lowest BCUT2D eigenvalue weighted by atomic mass is 10.2. The Balaban J connectivity index is 1.34. The van der Waals surface area contributed by atoms with Gasteiger partial charge in [-0.25, -0.2) is 9.67 Å². The molecule has 2 N–H and O–H groups in total. The SMILES string of the molecule is CC(C(=O)Nc1ccc(NC(=O)C2COc3ccccc3O2)cc1)n1cncn1. The molecular formula is C20H19N5O4. The zero-order valence-electron chi connectivity index (χ0n) is 15.6. The van der Waals surface area contributed by atoms with Crippen LogP contribution in [0.25, 0.3) is 0 Å². The van der Waals surface area contributed by atoms with E-state index in [-0.39, 0.29) is 18.4 Å². The van der Waals surface area contributed by atoms with Gasteiger partial charge >= 0.3 is 0 Å². The molecule has 0 aliphatic carbocycles. The monoisotopic (exact) mass is 393 g/mol. The molecule has 148 valence electrons. The van der Waals surface area contributed by atoms with Crippen LogP contribution in [0.4, 0.5) is 11.4 Å². The molecule has 3 aromatic rings. The lowest BCUT2D eigenvalue weighted by Gasteiger charge is -2.25. The number of benzene rings is 2. The molecule has 0 fully saturated rings. The molecule has 2 unspecified atom stereocenters. The van der Waals surface area contributed by atoms with Gasteiger partial charge in [0.15, 0.2) is 11.5 Å². The van der Waals surface area contributed by atoms with Gasteiger partial charge in [-0.15, -0.1) is 0 Å². The highest BCUT2D eigenvalue weighted by Gasteiger charge is 2.27. The van der Waals surface area contributed by atoms with Crippen LogP contribution in [0.2, 0.25) is 0 Å². The average molecular weight is 393 g/mol. The molecule has 0 saturated carbocycles. The molecule has 2 aromatic carbocycles. The van der Waals surface area contributed by atoms with Crippen LogP contribution in [0, 0.1) is 0 Å². The van der Waals surface area contributed by atoms with Crippen molar-refractivity contribution in [3.05, 3.63) is 61.2 Å². The molecule has 1 aliphatic heterocycles. The summed E-state index contributed by atoms with van der Waals surface area (Å²) >= 11 is 0. The molecule has 0 saturated heterocycles. The van der Waals surface area contributed by atoms with Crippen LogP contribution < -0.4 is 20.1 Å². The number of nitrogens with zero attached hydrogens (tertiary/aromatic N) is 3. The fourth-order valence-corrected chi connectivity index (χ4v) is 2.79. The Bertz CT molecular complexity index is 1000. The number of amides is 2. The Morgan fingerprint density at radius 1 is 1.07 bits per heavy atom. The van der Waals surface area contributed by atoms with Gasteiger partial charge in [0.1, 0.15) is 25.3 Å². The first-order chi connectivity index (χ1) is 14.1. The fourth-order valence-electron chi connectivity index (χ4n) is 2.79. The van der Waals surface area contributed by atoms with Crippen molar-refractivity contribution in [1.29, 1.82) is 0 Å². The highest BCUT2D eigenvalue weighted by atomic mass is 16.6. The van der Waals surface area contributed by atoms with Gasteiger partial charge < -0.3 is 20.1 Å². The summed E-state index contributed by atoms with van der Waals surface area (Å²) in [5.41, 5.74) is 1.19. The minimum Gasteiger partial charge on any atom is -0.485 e. The van der Waals surface area contributed by atoms with Crippen molar-refractivity contribution >= 4 is 23.2 Å². The summed E-state index contributed by atoms with van der Waals surface area (Å²) < 4.78 is 12.7. The maximum atomic E-state index is 12.5. The maximum Gasteiger partial charge on any atom is 0.269 e. The van der Waals surface area contributed by atoms with Crippen LogP contribution in [-0.4, -0.2) is 39.3 Å². The number of ether oxygens (including phenoxy) is 2. The van der Waals surface area contributed by atoms with Crippen LogP contribution in [0.1, 0.15) is 13.0 Å². The molecule has 1 aliphatic rings. The Labute approximate surface area is 166 Å². The zero-order chi connectivity index (χ0) is 20.2. The van der Waals surface area contributed by atoms with E-state index in [4.69, 9.17) is 9.47 Å². The molecular weight excluding hydrogens is 374 g/mol. The standard InChI is InChI=1S/C20H19N5O4/c1-13(25-12-21-11-22-25)19(26)23-14-6-8-15(9-7-14)24-20(27)18-10-28-16-4-2-3-5-17(16)29-18/h2-9,11-13,18H,10H2,1H3,(H,23,26)(H,24,27). The van der Waals surface area contributed by atoms with Gasteiger partial charge in [-0.05, 0) is 43.3 Å². The summed E-state index contributed by atoms with van der Waals surface area (Å²) in [7, 11) is 0. The number of rotatable bonds is 5. The van der Waals surface area contributed by atoms with Gasteiger partial charge in [0.2, 0.25) is 12.0 Å². The van der Waals surface area contributed by atoms with Crippen molar-refractivity contribution in [2.24, 2.45) is 0 Å². The number of carbonyl (C=O) groups is 2. The predicted octanol–water partition coefficient (Wildman–Crippen LogP) is 2.26. The molecule has 9 nitrogen and oxygen atoms in total. The van der Waals surface area contributed by atoms with Crippen LogP contribution in [0.15, 0.2) is 61.2 Å². The third-order valence-electron chi connectivity index (χ3n) is 4.43. The van der Waals surface area contributed by atoms with Crippen LogP contribution >= 0.6 is 0 Å². The zero-order valence-corrected chi connectivity index (χ0v) is 15.6. The number of hydrogen-bond acceptors (Lipinski definition) is 6. The van der Waals surface area contributed by atoms with Gasteiger partial charge in [-0.2, -0.15) is 5.10 Å². The maximum absolute atomic E-state index is 12.5. The largest absolute Gasteiger partial charge is 0.485 e. The molecule has 2 amide bonds. The minimum atomic E-state index is -0.743. The van der Waals surface area contributed by atoms with Crippen molar-refractivity contribution in [3.63, 3.8) is 0 Å². The van der Waals surface area contributed by atoms with E-state index in [0.29, 0.717) is 22.9 Å². The number of fused-ring (bicyclic) bond motifs is 1. The van der Waals surface area contributed by atoms with Crippen LogP contribution in [-0.2, 0) is 9.59 Å². The third kappa shape index (κ3) is 4.18. The van der Waals surface area contributed by atoms with Crippen LogP contribution in [0.5, 0.6) is 11.5 Å². The van der Waals surface area contributed by atoms with E-state index in [1.807, 2.05) is 12.1 Å². The highest BCUT2D eigenvalue weighted by Crippen LogP contribution is 2.31. The van der Waals surface area contributed by atoms with Crippen molar-refractivity contribution in [1.82, 2.24) is 14.8 Å². The van der Waals surface area contributed by atoms with Gasteiger partial charge in [-0.1, -0.05) is 12.1 Å². The summed E-state index contributed by atoms with van der Waals surface area (Å²) in [5, 5.41) is 9.55. The van der Waals surface area contributed by atoms with E-state index in [9.17, 15) is 9.59 Å². The number of para-hydroxylation sites is 2. The van der Waals surface area contributed by atoms with Gasteiger partial charge in [0, 0.05) is 11.4 Å². The second-order valence-electron chi connectivity index (χ2n) is 6.47. The van der Waals surface area contributed by atoms with Gasteiger partial charge in [-0.3, -0.25) is 9.59 Å². The summed E-state index contributed by atoms with van der Waals surface area (Å²) in [6.07, 6.45) is 2.12. The first kappa shape index (κ1) is 18.5. The number of aromatic nitrogens is 3. The second-order valence-corrected chi connectivity index (χ2v) is 6.47. The number of carbonyl (C=O) groups excluding carboxylic acids is 2. The van der Waals surface area contributed by atoms with Crippen LogP contribution in [0.3, 0.4) is 0 Å². The molecule has 4 rings (SSSR count). The highest BCUT2D eigenvalue weighted by molar-refractivity contribution is 5.96. The Kier molecular flexibility index (Phi) is 5.10. The lowest BCUT2D eigenvalue weighted by molar-refractivity contribution is -0.125. The van der Waals surface area contributed by atoms with Crippen molar-refractivity contribution in [3.8, 4) is 11.5 Å². The molecule has 1 aromatic heterocycles. The number of hydrogen-bond donors (Lipinski definition) is 2. The Morgan fingerprint density at radius 2 is 1.76 bits per heavy atom. The van der Waals surface area contributed by atoms with E-state index in [0.717, 1.165) is 0 Å². The van der Waals surface area contributed by atoms with Gasteiger partial charge in [0.05, 0.1) is 0 Å². The summed E-state index contributed by atoms with van der Waals surface area (Å²) in [6, 6.07) is 13.5. The summed E-state index contributed by atoms with van der Waals surface area (Å²) in [4.78, 5) is 28.6. The van der Waals surface area contributed by atoms with Crippen molar-refractivity contribution < 1.29 is 19.1 Å². The van der Waals surface area contributed by atoms with Crippen molar-refractivity contribution in [2.45, 2.75) is 19.1 Å². The molecule has 0 spiro atoms. The van der Waals surface area contributed by atoms with E-state index in [1.54, 1.807) is 43.3 Å². The van der Waals surface area contributed by atoms with E-state index in [2.05, 4.69) is 20.7 Å². The topological polar surface area (TPSA) is 107 Å². The first-order valence-corrected chi connectivity index (χ1v) is 9.04. The van der Waals surface area contributed by atoms with Gasteiger partial charge in [0.25, 0.3) is 5.91 Å². The molecule has 9 heteroatoms. The smallest absolute Gasteiger partial charge is 0.269 e. The predicted molar refractivity (Wildman–Crippen MR) is 105 cm³/mol. The summed E-state index contributed by atoms with van der Waals surface area (Å²) in [6.45, 7) is 1.86. The number of nitrogens with one attached hydrogen (secondary N) is 2. The minimum absolute atomic E-state index is 0.136. The average Bonchev–Trinajstić information content (AvgIpc) is 3.29. The quantitative estimate of drug-likeness (QED) is 0.689. The molecule has 2 atom stereocenters. The fraction of sp³-hybridized carbons (Fsp3) is 0.200. The third-order valence-corrected chi connectivity index (χ3v) is 4.43. The van der Waals surface area contributed by atoms with E-state index < -0.39 is 12.1 Å². The van der Waals surface area contributed by atoms with E-state index >= 15 is 0 Å². The first-order valence-electron chi connectivity index (χ1n) is 9.04. The molecule has 29 heavy (non-hydrogen) atoms. The summed E-state index contributed by atoms with van der Waals surface area (Å²) in [5.74, 6) is 0.630. The molecule has 0 radical (unpaired) electrons. The number of anilines is 2. The molecule has 0 bridgehead atoms. The lowest BCUT2D eigenvalue weighted by Crippen LogP contribution is -2.40. The Hall–Kier alpha value is -3.88. The second kappa shape index (κ2) is 8.01. The normalized spacial score (nSPS) is 16.0. The Morgan fingerprint density at radius 3 is 2.45 bits per heavy atom. The van der Waals surface area contributed by atoms with Crippen molar-refractivity contribution in [2.75, 3.05) is 17.2 Å². The van der Waals surface area contributed by atoms with E-state index in [1.165, 1.54) is 17.3 Å². The molecule has 2 heterocycles.